The first kappa shape index (κ1) is 25.1. The molecule has 1 aliphatic heterocycles. The van der Waals surface area contributed by atoms with E-state index in [1.54, 1.807) is 18.7 Å². The zero-order valence-electron chi connectivity index (χ0n) is 19.9. The molecular formula is C27H32N2O5S. The van der Waals surface area contributed by atoms with E-state index in [1.807, 2.05) is 24.3 Å². The maximum Gasteiger partial charge on any atom is 0.407 e. The number of carboxylic acids is 1. The Balaban J connectivity index is 1.24. The van der Waals surface area contributed by atoms with E-state index < -0.39 is 17.6 Å². The molecule has 2 aromatic carbocycles. The SMILES string of the molecule is CC(CCNC(=O)OCC1c2ccccc2-c2ccccc21)C(=O)NC1(CC(=O)O)CCSCC1. The number of nitrogens with one attached hydrogen (secondary N) is 2. The quantitative estimate of drug-likeness (QED) is 0.475. The van der Waals surface area contributed by atoms with Gasteiger partial charge in [0.15, 0.2) is 0 Å². The minimum atomic E-state index is -0.901. The average Bonchev–Trinajstić information content (AvgIpc) is 3.16. The maximum atomic E-state index is 12.8. The molecule has 7 nitrogen and oxygen atoms in total. The molecule has 0 spiro atoms. The van der Waals surface area contributed by atoms with Gasteiger partial charge in [-0.2, -0.15) is 11.8 Å². The van der Waals surface area contributed by atoms with Gasteiger partial charge in [-0.05, 0) is 53.0 Å². The van der Waals surface area contributed by atoms with Crippen molar-refractivity contribution in [3.8, 4) is 11.1 Å². The number of rotatable bonds is 9. The van der Waals surface area contributed by atoms with Crippen LogP contribution in [-0.2, 0) is 14.3 Å². The van der Waals surface area contributed by atoms with Crippen LogP contribution >= 0.6 is 11.8 Å². The predicted octanol–water partition coefficient (Wildman–Crippen LogP) is 4.41. The summed E-state index contributed by atoms with van der Waals surface area (Å²) in [4.78, 5) is 36.5. The Morgan fingerprint density at radius 1 is 1.06 bits per heavy atom. The van der Waals surface area contributed by atoms with Crippen molar-refractivity contribution in [1.29, 1.82) is 0 Å². The van der Waals surface area contributed by atoms with Crippen molar-refractivity contribution in [2.24, 2.45) is 5.92 Å². The van der Waals surface area contributed by atoms with E-state index in [0.29, 0.717) is 25.8 Å². The van der Waals surface area contributed by atoms with E-state index in [2.05, 4.69) is 34.9 Å². The first-order chi connectivity index (χ1) is 16.9. The van der Waals surface area contributed by atoms with Crippen LogP contribution in [0.4, 0.5) is 4.79 Å². The van der Waals surface area contributed by atoms with Gasteiger partial charge in [-0.1, -0.05) is 55.5 Å². The Kier molecular flexibility index (Phi) is 8.00. The van der Waals surface area contributed by atoms with Gasteiger partial charge in [0.25, 0.3) is 0 Å². The van der Waals surface area contributed by atoms with E-state index in [0.717, 1.165) is 22.6 Å². The number of benzene rings is 2. The standard InChI is InChI=1S/C27H32N2O5S/c1-18(25(32)29-27(16-24(30)31)11-14-35-15-12-27)10-13-28-26(33)34-17-23-21-8-4-2-6-19(21)20-7-3-5-9-22(20)23/h2-9,18,23H,10-17H2,1H3,(H,28,33)(H,29,32)(H,30,31). The highest BCUT2D eigenvalue weighted by molar-refractivity contribution is 7.99. The van der Waals surface area contributed by atoms with Crippen LogP contribution in [-0.4, -0.2) is 53.3 Å². The second-order valence-electron chi connectivity index (χ2n) is 9.39. The molecule has 1 unspecified atom stereocenters. The van der Waals surface area contributed by atoms with Crippen molar-refractivity contribution in [2.45, 2.75) is 44.1 Å². The van der Waals surface area contributed by atoms with Crippen molar-refractivity contribution in [3.05, 3.63) is 59.7 Å². The number of carboxylic acid groups (broad SMARTS) is 1. The smallest absolute Gasteiger partial charge is 0.407 e. The molecule has 2 amide bonds. The van der Waals surface area contributed by atoms with Crippen LogP contribution in [0, 0.1) is 5.92 Å². The number of carbonyl (C=O) groups is 3. The third kappa shape index (κ3) is 5.99. The fourth-order valence-electron chi connectivity index (χ4n) is 4.95. The molecular weight excluding hydrogens is 464 g/mol. The molecule has 1 saturated heterocycles. The highest BCUT2D eigenvalue weighted by Gasteiger charge is 2.37. The third-order valence-electron chi connectivity index (χ3n) is 6.97. The molecule has 1 fully saturated rings. The first-order valence-electron chi connectivity index (χ1n) is 12.1. The summed E-state index contributed by atoms with van der Waals surface area (Å²) in [6.07, 6.45) is 1.17. The number of hydrogen-bond donors (Lipinski definition) is 3. The minimum Gasteiger partial charge on any atom is -0.481 e. The van der Waals surface area contributed by atoms with Gasteiger partial charge in [0.1, 0.15) is 6.61 Å². The topological polar surface area (TPSA) is 105 Å². The van der Waals surface area contributed by atoms with Crippen LogP contribution in [0.25, 0.3) is 11.1 Å². The van der Waals surface area contributed by atoms with Gasteiger partial charge in [-0.25, -0.2) is 4.79 Å². The van der Waals surface area contributed by atoms with Crippen LogP contribution in [0.1, 0.15) is 49.7 Å². The Morgan fingerprint density at radius 3 is 2.26 bits per heavy atom. The zero-order valence-corrected chi connectivity index (χ0v) is 20.7. The van der Waals surface area contributed by atoms with Crippen molar-refractivity contribution in [3.63, 3.8) is 0 Å². The maximum absolute atomic E-state index is 12.8. The minimum absolute atomic E-state index is 0.00284. The fraction of sp³-hybridized carbons (Fsp3) is 0.444. The number of amides is 2. The number of thioether (sulfide) groups is 1. The van der Waals surface area contributed by atoms with Gasteiger partial charge in [0.2, 0.25) is 5.91 Å². The zero-order chi connectivity index (χ0) is 24.8. The summed E-state index contributed by atoms with van der Waals surface area (Å²) < 4.78 is 5.55. The molecule has 0 radical (unpaired) electrons. The molecule has 0 aromatic heterocycles. The molecule has 3 N–H and O–H groups in total. The lowest BCUT2D eigenvalue weighted by Crippen LogP contribution is -2.53. The lowest BCUT2D eigenvalue weighted by molar-refractivity contribution is -0.139. The summed E-state index contributed by atoms with van der Waals surface area (Å²) in [5.74, 6) is 0.242. The third-order valence-corrected chi connectivity index (χ3v) is 7.95. The Hall–Kier alpha value is -3.00. The van der Waals surface area contributed by atoms with Crippen molar-refractivity contribution >= 4 is 29.7 Å². The lowest BCUT2D eigenvalue weighted by atomic mass is 9.87. The summed E-state index contributed by atoms with van der Waals surface area (Å²) in [7, 11) is 0. The van der Waals surface area contributed by atoms with E-state index in [-0.39, 0.29) is 30.8 Å². The van der Waals surface area contributed by atoms with Gasteiger partial charge >= 0.3 is 12.1 Å². The second-order valence-corrected chi connectivity index (χ2v) is 10.6. The van der Waals surface area contributed by atoms with E-state index in [1.165, 1.54) is 11.1 Å². The molecule has 0 bridgehead atoms. The van der Waals surface area contributed by atoms with Crippen molar-refractivity contribution < 1.29 is 24.2 Å². The van der Waals surface area contributed by atoms with Crippen molar-refractivity contribution in [2.75, 3.05) is 24.7 Å². The molecule has 1 aliphatic carbocycles. The van der Waals surface area contributed by atoms with E-state index >= 15 is 0 Å². The van der Waals surface area contributed by atoms with Crippen LogP contribution < -0.4 is 10.6 Å². The summed E-state index contributed by atoms with van der Waals surface area (Å²) >= 11 is 1.78. The van der Waals surface area contributed by atoms with Gasteiger partial charge in [0, 0.05) is 18.4 Å². The molecule has 0 saturated carbocycles. The highest BCUT2D eigenvalue weighted by atomic mass is 32.2. The number of carbonyl (C=O) groups excluding carboxylic acids is 2. The second kappa shape index (κ2) is 11.2. The van der Waals surface area contributed by atoms with Gasteiger partial charge in [-0.15, -0.1) is 0 Å². The largest absolute Gasteiger partial charge is 0.481 e. The van der Waals surface area contributed by atoms with Gasteiger partial charge < -0.3 is 20.5 Å². The Labute approximate surface area is 210 Å². The monoisotopic (exact) mass is 496 g/mol. The fourth-order valence-corrected chi connectivity index (χ4v) is 6.23. The number of alkyl carbamates (subject to hydrolysis) is 1. The lowest BCUT2D eigenvalue weighted by Gasteiger charge is -2.37. The average molecular weight is 497 g/mol. The predicted molar refractivity (Wildman–Crippen MR) is 137 cm³/mol. The van der Waals surface area contributed by atoms with Crippen LogP contribution in [0.3, 0.4) is 0 Å². The molecule has 4 rings (SSSR count). The normalized spacial score (nSPS) is 17.1. The van der Waals surface area contributed by atoms with Crippen molar-refractivity contribution in [1.82, 2.24) is 10.6 Å². The molecule has 2 aromatic rings. The van der Waals surface area contributed by atoms with Gasteiger partial charge in [0.05, 0.1) is 12.0 Å². The van der Waals surface area contributed by atoms with E-state index in [4.69, 9.17) is 4.74 Å². The molecule has 186 valence electrons. The molecule has 1 atom stereocenters. The highest BCUT2D eigenvalue weighted by Crippen LogP contribution is 2.44. The number of ether oxygens (including phenoxy) is 1. The van der Waals surface area contributed by atoms with Crippen LogP contribution in [0.2, 0.25) is 0 Å². The summed E-state index contributed by atoms with van der Waals surface area (Å²) in [6, 6.07) is 16.3. The molecule has 2 aliphatic rings. The summed E-state index contributed by atoms with van der Waals surface area (Å²) in [6.45, 7) is 2.33. The van der Waals surface area contributed by atoms with Crippen LogP contribution in [0.15, 0.2) is 48.5 Å². The first-order valence-corrected chi connectivity index (χ1v) is 13.2. The number of hydrogen-bond acceptors (Lipinski definition) is 5. The van der Waals surface area contributed by atoms with Crippen LogP contribution in [0.5, 0.6) is 0 Å². The summed E-state index contributed by atoms with van der Waals surface area (Å²) in [5.41, 5.74) is 3.98. The molecule has 35 heavy (non-hydrogen) atoms. The summed E-state index contributed by atoms with van der Waals surface area (Å²) in [5, 5.41) is 15.1. The van der Waals surface area contributed by atoms with E-state index in [9.17, 15) is 19.5 Å². The Morgan fingerprint density at radius 2 is 1.66 bits per heavy atom. The molecule has 1 heterocycles. The molecule has 8 heteroatoms. The van der Waals surface area contributed by atoms with Gasteiger partial charge in [-0.3, -0.25) is 9.59 Å². The Bertz CT molecular complexity index is 1040. The number of aliphatic carboxylic acids is 1. The number of fused-ring (bicyclic) bond motifs is 3.